The summed E-state index contributed by atoms with van der Waals surface area (Å²) in [4.78, 5) is 20.7. The van der Waals surface area contributed by atoms with Gasteiger partial charge in [-0.25, -0.2) is 4.98 Å². The number of aromatic nitrogens is 7. The van der Waals surface area contributed by atoms with Gasteiger partial charge in [-0.3, -0.25) is 4.57 Å². The third-order valence-electron chi connectivity index (χ3n) is 2.61. The molecule has 10 heteroatoms. The minimum Gasteiger partial charge on any atom is -0.357 e. The number of rotatable bonds is 6. The number of hydrogen-bond donors (Lipinski definition) is 2. The molecular weight excluding hydrogens is 274 g/mol. The van der Waals surface area contributed by atoms with Crippen LogP contribution in [-0.2, 0) is 6.42 Å². The van der Waals surface area contributed by atoms with Crippen LogP contribution >= 0.6 is 0 Å². The van der Waals surface area contributed by atoms with Crippen molar-refractivity contribution < 1.29 is 4.52 Å². The Labute approximate surface area is 119 Å². The van der Waals surface area contributed by atoms with E-state index in [4.69, 9.17) is 4.52 Å². The van der Waals surface area contributed by atoms with E-state index in [2.05, 4.69) is 40.7 Å². The molecule has 0 saturated heterocycles. The normalized spacial score (nSPS) is 10.5. The minimum atomic E-state index is 0.456. The van der Waals surface area contributed by atoms with Crippen molar-refractivity contribution in [3.8, 4) is 5.95 Å². The minimum absolute atomic E-state index is 0.456. The second-order valence-electron chi connectivity index (χ2n) is 4.01. The molecule has 0 radical (unpaired) electrons. The van der Waals surface area contributed by atoms with Crippen molar-refractivity contribution in [3.05, 3.63) is 30.9 Å². The molecule has 2 N–H and O–H groups in total. The van der Waals surface area contributed by atoms with Gasteiger partial charge in [-0.05, 0) is 0 Å². The van der Waals surface area contributed by atoms with Gasteiger partial charge in [0.05, 0.1) is 0 Å². The van der Waals surface area contributed by atoms with E-state index in [1.807, 2.05) is 0 Å². The van der Waals surface area contributed by atoms with Crippen LogP contribution in [0, 0.1) is 0 Å². The van der Waals surface area contributed by atoms with Gasteiger partial charge >= 0.3 is 0 Å². The van der Waals surface area contributed by atoms with Gasteiger partial charge in [0.2, 0.25) is 23.7 Å². The molecule has 0 saturated carbocycles. The second-order valence-corrected chi connectivity index (χ2v) is 4.01. The fraction of sp³-hybridized carbons (Fsp3) is 0.273. The number of hydrogen-bond acceptors (Lipinski definition) is 9. The molecule has 0 aromatic carbocycles. The van der Waals surface area contributed by atoms with E-state index in [0.717, 1.165) is 0 Å². The van der Waals surface area contributed by atoms with E-state index >= 15 is 0 Å². The van der Waals surface area contributed by atoms with Crippen LogP contribution in [0.25, 0.3) is 5.95 Å². The van der Waals surface area contributed by atoms with Gasteiger partial charge in [0.1, 0.15) is 6.33 Å². The van der Waals surface area contributed by atoms with Crippen molar-refractivity contribution in [1.82, 2.24) is 34.6 Å². The van der Waals surface area contributed by atoms with Gasteiger partial charge in [-0.15, -0.1) is 0 Å². The third-order valence-corrected chi connectivity index (χ3v) is 2.61. The van der Waals surface area contributed by atoms with Gasteiger partial charge in [-0.2, -0.15) is 19.9 Å². The summed E-state index contributed by atoms with van der Waals surface area (Å²) < 4.78 is 6.62. The Hall–Kier alpha value is -3.04. The van der Waals surface area contributed by atoms with Crippen molar-refractivity contribution in [2.75, 3.05) is 24.2 Å². The molecule has 0 aliphatic rings. The quantitative estimate of drug-likeness (QED) is 0.652. The maximum Gasteiger partial charge on any atom is 0.241 e. The van der Waals surface area contributed by atoms with Crippen molar-refractivity contribution >= 4 is 11.9 Å². The molecule has 3 rings (SSSR count). The average molecular weight is 287 g/mol. The monoisotopic (exact) mass is 287 g/mol. The van der Waals surface area contributed by atoms with Crippen LogP contribution in [0.3, 0.4) is 0 Å². The van der Waals surface area contributed by atoms with E-state index in [1.165, 1.54) is 6.33 Å². The summed E-state index contributed by atoms with van der Waals surface area (Å²) in [6, 6.07) is 0. The highest BCUT2D eigenvalue weighted by atomic mass is 16.5. The lowest BCUT2D eigenvalue weighted by atomic mass is 10.4. The predicted octanol–water partition coefficient (Wildman–Crippen LogP) is 0.137. The maximum absolute atomic E-state index is 4.92. The van der Waals surface area contributed by atoms with E-state index in [1.54, 1.807) is 30.3 Å². The SMILES string of the molecule is CNc1nc(NCCc2ncno2)nc(-n2ccnc2)n1. The summed E-state index contributed by atoms with van der Waals surface area (Å²) in [6.07, 6.45) is 7.00. The first-order valence-electron chi connectivity index (χ1n) is 6.27. The number of imidazole rings is 1. The lowest BCUT2D eigenvalue weighted by Crippen LogP contribution is -2.12. The highest BCUT2D eigenvalue weighted by Crippen LogP contribution is 2.08. The summed E-state index contributed by atoms with van der Waals surface area (Å²) in [5.41, 5.74) is 0. The summed E-state index contributed by atoms with van der Waals surface area (Å²) in [5.74, 6) is 1.96. The van der Waals surface area contributed by atoms with Crippen LogP contribution in [0.5, 0.6) is 0 Å². The Balaban J connectivity index is 1.73. The Morgan fingerprint density at radius 1 is 1.24 bits per heavy atom. The molecule has 0 fully saturated rings. The van der Waals surface area contributed by atoms with Crippen molar-refractivity contribution in [2.24, 2.45) is 0 Å². The number of anilines is 2. The van der Waals surface area contributed by atoms with E-state index in [-0.39, 0.29) is 0 Å². The number of nitrogens with zero attached hydrogens (tertiary/aromatic N) is 7. The second kappa shape index (κ2) is 5.94. The highest BCUT2D eigenvalue weighted by Gasteiger charge is 2.07. The molecule has 0 unspecified atom stereocenters. The summed E-state index contributed by atoms with van der Waals surface area (Å²) >= 11 is 0. The molecular formula is C11H13N9O. The van der Waals surface area contributed by atoms with Crippen LogP contribution in [0.2, 0.25) is 0 Å². The summed E-state index contributed by atoms with van der Waals surface area (Å²) in [7, 11) is 1.75. The molecule has 3 heterocycles. The molecule has 3 aromatic heterocycles. The van der Waals surface area contributed by atoms with Crippen LogP contribution in [0.1, 0.15) is 5.89 Å². The zero-order valence-corrected chi connectivity index (χ0v) is 11.3. The fourth-order valence-corrected chi connectivity index (χ4v) is 1.64. The standard InChI is InChI=1S/C11H13N9O/c1-12-9-17-10(14-3-2-8-15-6-16-21-8)19-11(18-9)20-5-4-13-7-20/h4-7H,2-3H2,1H3,(H2,12,14,17,18,19). The topological polar surface area (TPSA) is 119 Å². The Kier molecular flexibility index (Phi) is 3.67. The van der Waals surface area contributed by atoms with Crippen LogP contribution in [0.15, 0.2) is 29.6 Å². The molecule has 0 spiro atoms. The summed E-state index contributed by atoms with van der Waals surface area (Å²) in [5, 5.41) is 9.54. The molecule has 0 bridgehead atoms. The predicted molar refractivity (Wildman–Crippen MR) is 73.0 cm³/mol. The van der Waals surface area contributed by atoms with Gasteiger partial charge in [-0.1, -0.05) is 5.16 Å². The zero-order chi connectivity index (χ0) is 14.5. The van der Waals surface area contributed by atoms with Gasteiger partial charge < -0.3 is 15.2 Å². The molecule has 0 aliphatic heterocycles. The van der Waals surface area contributed by atoms with Crippen molar-refractivity contribution in [3.63, 3.8) is 0 Å². The lowest BCUT2D eigenvalue weighted by Gasteiger charge is -2.08. The first-order valence-corrected chi connectivity index (χ1v) is 6.27. The van der Waals surface area contributed by atoms with Crippen molar-refractivity contribution in [2.45, 2.75) is 6.42 Å². The number of nitrogens with one attached hydrogen (secondary N) is 2. The maximum atomic E-state index is 4.92. The van der Waals surface area contributed by atoms with Crippen molar-refractivity contribution in [1.29, 1.82) is 0 Å². The zero-order valence-electron chi connectivity index (χ0n) is 11.3. The van der Waals surface area contributed by atoms with E-state index in [9.17, 15) is 0 Å². The molecule has 0 atom stereocenters. The molecule has 10 nitrogen and oxygen atoms in total. The first kappa shape index (κ1) is 13.0. The largest absolute Gasteiger partial charge is 0.357 e. The molecule has 0 aliphatic carbocycles. The summed E-state index contributed by atoms with van der Waals surface area (Å²) in [6.45, 7) is 0.568. The first-order chi connectivity index (χ1) is 10.3. The molecule has 108 valence electrons. The highest BCUT2D eigenvalue weighted by molar-refractivity contribution is 5.37. The smallest absolute Gasteiger partial charge is 0.241 e. The average Bonchev–Trinajstić information content (AvgIpc) is 3.20. The van der Waals surface area contributed by atoms with Gasteiger partial charge in [0.25, 0.3) is 0 Å². The van der Waals surface area contributed by atoms with E-state index < -0.39 is 0 Å². The Morgan fingerprint density at radius 3 is 2.86 bits per heavy atom. The molecule has 21 heavy (non-hydrogen) atoms. The van der Waals surface area contributed by atoms with Gasteiger partial charge in [0.15, 0.2) is 6.33 Å². The fourth-order valence-electron chi connectivity index (χ4n) is 1.64. The molecule has 3 aromatic rings. The van der Waals surface area contributed by atoms with E-state index in [0.29, 0.717) is 36.7 Å². The Bertz CT molecular complexity index is 680. The third kappa shape index (κ3) is 3.11. The molecule has 0 amide bonds. The van der Waals surface area contributed by atoms with Crippen LogP contribution in [-0.4, -0.2) is 48.2 Å². The van der Waals surface area contributed by atoms with Crippen LogP contribution in [0.4, 0.5) is 11.9 Å². The van der Waals surface area contributed by atoms with Gasteiger partial charge in [0, 0.05) is 32.4 Å². The van der Waals surface area contributed by atoms with Crippen LogP contribution < -0.4 is 10.6 Å². The lowest BCUT2D eigenvalue weighted by molar-refractivity contribution is 0.379. The Morgan fingerprint density at radius 2 is 2.14 bits per heavy atom.